The third-order valence-electron chi connectivity index (χ3n) is 3.70. The summed E-state index contributed by atoms with van der Waals surface area (Å²) in [6, 6.07) is 16.3. The Hall–Kier alpha value is -1.96. The van der Waals surface area contributed by atoms with E-state index in [0.717, 1.165) is 11.4 Å². The molecule has 0 radical (unpaired) electrons. The van der Waals surface area contributed by atoms with Gasteiger partial charge in [-0.15, -0.1) is 0 Å². The maximum Gasteiger partial charge on any atom is 0.119 e. The third-order valence-corrected chi connectivity index (χ3v) is 3.70. The van der Waals surface area contributed by atoms with Crippen molar-refractivity contribution in [2.24, 2.45) is 0 Å². The SMILES string of the molecule is Nc1ccc(-c2ccc(OC3CCCC3)cc2)cc1. The normalized spacial score (nSPS) is 15.6. The van der Waals surface area contributed by atoms with Crippen LogP contribution in [-0.4, -0.2) is 6.10 Å². The van der Waals surface area contributed by atoms with Gasteiger partial charge in [0.25, 0.3) is 0 Å². The minimum absolute atomic E-state index is 0.419. The minimum Gasteiger partial charge on any atom is -0.490 e. The second-order valence-corrected chi connectivity index (χ2v) is 5.17. The lowest BCUT2D eigenvalue weighted by atomic mass is 10.1. The molecule has 0 aromatic heterocycles. The maximum atomic E-state index is 5.97. The van der Waals surface area contributed by atoms with E-state index in [1.807, 2.05) is 24.3 Å². The standard InChI is InChI=1S/C17H19NO/c18-15-9-5-13(6-10-15)14-7-11-17(12-8-14)19-16-3-1-2-4-16/h5-12,16H,1-4,18H2. The van der Waals surface area contributed by atoms with Crippen LogP contribution < -0.4 is 10.5 Å². The summed E-state index contributed by atoms with van der Waals surface area (Å²) in [5.41, 5.74) is 8.87. The average molecular weight is 253 g/mol. The average Bonchev–Trinajstić information content (AvgIpc) is 2.94. The highest BCUT2D eigenvalue weighted by molar-refractivity contribution is 5.66. The van der Waals surface area contributed by atoms with E-state index in [2.05, 4.69) is 24.3 Å². The predicted molar refractivity (Wildman–Crippen MR) is 79.2 cm³/mol. The van der Waals surface area contributed by atoms with Crippen molar-refractivity contribution < 1.29 is 4.74 Å². The molecule has 1 saturated carbocycles. The van der Waals surface area contributed by atoms with Gasteiger partial charge in [-0.3, -0.25) is 0 Å². The fourth-order valence-electron chi connectivity index (χ4n) is 2.60. The first kappa shape index (κ1) is 12.1. The number of anilines is 1. The molecule has 0 spiro atoms. The number of nitrogen functional groups attached to an aromatic ring is 1. The highest BCUT2D eigenvalue weighted by atomic mass is 16.5. The molecular weight excluding hydrogens is 234 g/mol. The summed E-state index contributed by atoms with van der Waals surface area (Å²) < 4.78 is 5.97. The molecule has 19 heavy (non-hydrogen) atoms. The fourth-order valence-corrected chi connectivity index (χ4v) is 2.60. The van der Waals surface area contributed by atoms with Crippen molar-refractivity contribution in [3.63, 3.8) is 0 Å². The summed E-state index contributed by atoms with van der Waals surface area (Å²) in [4.78, 5) is 0. The van der Waals surface area contributed by atoms with Gasteiger partial charge in [-0.1, -0.05) is 24.3 Å². The summed E-state index contributed by atoms with van der Waals surface area (Å²) in [5.74, 6) is 0.978. The van der Waals surface area contributed by atoms with Gasteiger partial charge in [0.15, 0.2) is 0 Å². The van der Waals surface area contributed by atoms with Gasteiger partial charge in [0.2, 0.25) is 0 Å². The zero-order chi connectivity index (χ0) is 13.1. The van der Waals surface area contributed by atoms with Crippen LogP contribution in [0.2, 0.25) is 0 Å². The Morgan fingerprint density at radius 3 is 1.89 bits per heavy atom. The topological polar surface area (TPSA) is 35.2 Å². The number of hydrogen-bond donors (Lipinski definition) is 1. The Morgan fingerprint density at radius 1 is 0.789 bits per heavy atom. The van der Waals surface area contributed by atoms with Crippen LogP contribution in [0.15, 0.2) is 48.5 Å². The Balaban J connectivity index is 1.72. The summed E-state index contributed by atoms with van der Waals surface area (Å²) in [5, 5.41) is 0. The Labute approximate surface area is 114 Å². The van der Waals surface area contributed by atoms with Crippen molar-refractivity contribution in [2.75, 3.05) is 5.73 Å². The molecule has 98 valence electrons. The van der Waals surface area contributed by atoms with E-state index >= 15 is 0 Å². The lowest BCUT2D eigenvalue weighted by molar-refractivity contribution is 0.210. The van der Waals surface area contributed by atoms with Crippen LogP contribution in [0.4, 0.5) is 5.69 Å². The van der Waals surface area contributed by atoms with Crippen LogP contribution >= 0.6 is 0 Å². The predicted octanol–water partition coefficient (Wildman–Crippen LogP) is 4.26. The highest BCUT2D eigenvalue weighted by Gasteiger charge is 2.16. The Bertz CT molecular complexity index is 524. The first-order valence-electron chi connectivity index (χ1n) is 6.94. The van der Waals surface area contributed by atoms with Crippen molar-refractivity contribution in [3.05, 3.63) is 48.5 Å². The van der Waals surface area contributed by atoms with Crippen LogP contribution in [0.3, 0.4) is 0 Å². The van der Waals surface area contributed by atoms with Crippen molar-refractivity contribution >= 4 is 5.69 Å². The Morgan fingerprint density at radius 2 is 1.32 bits per heavy atom. The molecule has 0 atom stereocenters. The summed E-state index contributed by atoms with van der Waals surface area (Å²) in [6.45, 7) is 0. The van der Waals surface area contributed by atoms with Crippen LogP contribution in [0, 0.1) is 0 Å². The summed E-state index contributed by atoms with van der Waals surface area (Å²) in [7, 11) is 0. The summed E-state index contributed by atoms with van der Waals surface area (Å²) in [6.07, 6.45) is 5.41. The van der Waals surface area contributed by atoms with Gasteiger partial charge in [-0.05, 0) is 61.1 Å². The van der Waals surface area contributed by atoms with Gasteiger partial charge < -0.3 is 10.5 Å². The smallest absolute Gasteiger partial charge is 0.119 e. The molecule has 1 fully saturated rings. The molecule has 3 rings (SSSR count). The quantitative estimate of drug-likeness (QED) is 0.830. The lowest BCUT2D eigenvalue weighted by Gasteiger charge is -2.13. The molecule has 0 bridgehead atoms. The molecule has 2 nitrogen and oxygen atoms in total. The number of rotatable bonds is 3. The second kappa shape index (κ2) is 5.35. The third kappa shape index (κ3) is 2.90. The molecule has 0 heterocycles. The molecule has 1 aliphatic rings. The molecule has 0 saturated heterocycles. The van der Waals surface area contributed by atoms with Crippen LogP contribution in [-0.2, 0) is 0 Å². The van der Waals surface area contributed by atoms with Crippen LogP contribution in [0.25, 0.3) is 11.1 Å². The van der Waals surface area contributed by atoms with Crippen LogP contribution in [0.1, 0.15) is 25.7 Å². The fraction of sp³-hybridized carbons (Fsp3) is 0.294. The van der Waals surface area contributed by atoms with Gasteiger partial charge in [-0.25, -0.2) is 0 Å². The molecule has 2 N–H and O–H groups in total. The van der Waals surface area contributed by atoms with Gasteiger partial charge in [0.1, 0.15) is 5.75 Å². The minimum atomic E-state index is 0.419. The van der Waals surface area contributed by atoms with E-state index in [0.29, 0.717) is 6.10 Å². The first-order valence-corrected chi connectivity index (χ1v) is 6.94. The van der Waals surface area contributed by atoms with E-state index in [1.54, 1.807) is 0 Å². The molecule has 2 heteroatoms. The maximum absolute atomic E-state index is 5.97. The van der Waals surface area contributed by atoms with Crippen molar-refractivity contribution in [2.45, 2.75) is 31.8 Å². The molecular formula is C17H19NO. The van der Waals surface area contributed by atoms with Crippen molar-refractivity contribution in [1.82, 2.24) is 0 Å². The number of benzene rings is 2. The zero-order valence-corrected chi connectivity index (χ0v) is 11.0. The summed E-state index contributed by atoms with van der Waals surface area (Å²) >= 11 is 0. The first-order chi connectivity index (χ1) is 9.31. The van der Waals surface area contributed by atoms with Gasteiger partial charge >= 0.3 is 0 Å². The zero-order valence-electron chi connectivity index (χ0n) is 11.0. The lowest BCUT2D eigenvalue weighted by Crippen LogP contribution is -2.10. The van der Waals surface area contributed by atoms with Gasteiger partial charge in [0, 0.05) is 5.69 Å². The second-order valence-electron chi connectivity index (χ2n) is 5.17. The molecule has 2 aromatic carbocycles. The highest BCUT2D eigenvalue weighted by Crippen LogP contribution is 2.27. The number of ether oxygens (including phenoxy) is 1. The molecule has 2 aromatic rings. The van der Waals surface area contributed by atoms with Crippen molar-refractivity contribution in [3.8, 4) is 16.9 Å². The van der Waals surface area contributed by atoms with E-state index in [1.165, 1.54) is 36.8 Å². The molecule has 0 amide bonds. The molecule has 0 aliphatic heterocycles. The van der Waals surface area contributed by atoms with E-state index < -0.39 is 0 Å². The van der Waals surface area contributed by atoms with E-state index in [4.69, 9.17) is 10.5 Å². The monoisotopic (exact) mass is 253 g/mol. The van der Waals surface area contributed by atoms with E-state index in [9.17, 15) is 0 Å². The van der Waals surface area contributed by atoms with Crippen molar-refractivity contribution in [1.29, 1.82) is 0 Å². The molecule has 0 unspecified atom stereocenters. The number of nitrogens with two attached hydrogens (primary N) is 1. The van der Waals surface area contributed by atoms with Gasteiger partial charge in [-0.2, -0.15) is 0 Å². The largest absolute Gasteiger partial charge is 0.490 e. The van der Waals surface area contributed by atoms with Crippen LogP contribution in [0.5, 0.6) is 5.75 Å². The molecule has 1 aliphatic carbocycles. The number of hydrogen-bond acceptors (Lipinski definition) is 2. The Kier molecular flexibility index (Phi) is 3.41. The van der Waals surface area contributed by atoms with Gasteiger partial charge in [0.05, 0.1) is 6.10 Å². The van der Waals surface area contributed by atoms with E-state index in [-0.39, 0.29) is 0 Å².